The number of hydrogen-bond acceptors (Lipinski definition) is 4. The summed E-state index contributed by atoms with van der Waals surface area (Å²) in [7, 11) is 0. The summed E-state index contributed by atoms with van der Waals surface area (Å²) in [6.45, 7) is 5.91. The highest BCUT2D eigenvalue weighted by Crippen LogP contribution is 2.30. The second kappa shape index (κ2) is 8.41. The molecule has 0 unspecified atom stereocenters. The minimum Gasteiger partial charge on any atom is -0.493 e. The first-order valence-corrected chi connectivity index (χ1v) is 9.97. The molecule has 0 saturated heterocycles. The second-order valence-corrected chi connectivity index (χ2v) is 7.20. The Morgan fingerprint density at radius 3 is 3.00 bits per heavy atom. The third kappa shape index (κ3) is 4.59. The van der Waals surface area contributed by atoms with Gasteiger partial charge in [-0.2, -0.15) is 0 Å². The van der Waals surface area contributed by atoms with E-state index in [9.17, 15) is 0 Å². The molecule has 144 valence electrons. The van der Waals surface area contributed by atoms with Crippen molar-refractivity contribution in [2.45, 2.75) is 52.2 Å². The number of aliphatic imine (C=N–C) groups is 1. The number of para-hydroxylation sites is 1. The molecule has 2 N–H and O–H groups in total. The zero-order chi connectivity index (χ0) is 18.5. The lowest BCUT2D eigenvalue weighted by atomic mass is 10.2. The van der Waals surface area contributed by atoms with E-state index in [2.05, 4.69) is 38.4 Å². The maximum absolute atomic E-state index is 5.99. The fourth-order valence-electron chi connectivity index (χ4n) is 3.28. The minimum absolute atomic E-state index is 0.577. The Bertz CT molecular complexity index is 796. The third-order valence-corrected chi connectivity index (χ3v) is 5.00. The highest BCUT2D eigenvalue weighted by atomic mass is 16.5. The van der Waals surface area contributed by atoms with Gasteiger partial charge in [-0.25, -0.2) is 4.99 Å². The molecule has 1 saturated carbocycles. The Kier molecular flexibility index (Phi) is 5.55. The maximum Gasteiger partial charge on any atom is 0.191 e. The largest absolute Gasteiger partial charge is 0.493 e. The molecule has 0 atom stereocenters. The quantitative estimate of drug-likeness (QED) is 0.552. The van der Waals surface area contributed by atoms with Crippen molar-refractivity contribution in [3.63, 3.8) is 0 Å². The molecule has 27 heavy (non-hydrogen) atoms. The molecule has 0 spiro atoms. The van der Waals surface area contributed by atoms with Crippen molar-refractivity contribution >= 4 is 5.96 Å². The highest BCUT2D eigenvalue weighted by molar-refractivity contribution is 5.79. The lowest BCUT2D eigenvalue weighted by molar-refractivity contribution is 0.297. The van der Waals surface area contributed by atoms with Crippen molar-refractivity contribution in [2.24, 2.45) is 10.9 Å². The van der Waals surface area contributed by atoms with Gasteiger partial charge in [0.05, 0.1) is 19.7 Å². The standard InChI is InChI=1S/C20H28N6O/c1-2-21-20(23-13-19-25-24-18-8-5-11-26(18)19)22-12-16-6-3-4-7-17(16)27-14-15-9-10-15/h3-4,6-7,15H,2,5,8-14H2,1H3,(H2,21,22,23). The van der Waals surface area contributed by atoms with Crippen LogP contribution in [0.2, 0.25) is 0 Å². The van der Waals surface area contributed by atoms with Crippen molar-refractivity contribution < 1.29 is 4.74 Å². The Hall–Kier alpha value is -2.57. The van der Waals surface area contributed by atoms with Gasteiger partial charge >= 0.3 is 0 Å². The van der Waals surface area contributed by atoms with E-state index in [0.29, 0.717) is 13.1 Å². The van der Waals surface area contributed by atoms with E-state index in [0.717, 1.165) is 67.4 Å². The van der Waals surface area contributed by atoms with E-state index in [1.54, 1.807) is 0 Å². The smallest absolute Gasteiger partial charge is 0.191 e. The molecular formula is C20H28N6O. The van der Waals surface area contributed by atoms with E-state index in [1.807, 2.05) is 18.2 Å². The van der Waals surface area contributed by atoms with Gasteiger partial charge in [-0.3, -0.25) is 0 Å². The number of ether oxygens (including phenoxy) is 1. The minimum atomic E-state index is 0.577. The number of aryl methyl sites for hydroxylation is 1. The molecule has 7 nitrogen and oxygen atoms in total. The average molecular weight is 368 g/mol. The number of hydrogen-bond donors (Lipinski definition) is 2. The zero-order valence-corrected chi connectivity index (χ0v) is 15.9. The molecule has 1 aliphatic carbocycles. The third-order valence-electron chi connectivity index (χ3n) is 5.00. The first kappa shape index (κ1) is 17.8. The van der Waals surface area contributed by atoms with E-state index in [4.69, 9.17) is 9.73 Å². The number of rotatable bonds is 8. The van der Waals surface area contributed by atoms with Gasteiger partial charge in [-0.1, -0.05) is 18.2 Å². The maximum atomic E-state index is 5.99. The summed E-state index contributed by atoms with van der Waals surface area (Å²) in [5.41, 5.74) is 1.11. The Balaban J connectivity index is 1.38. The van der Waals surface area contributed by atoms with Crippen LogP contribution in [-0.4, -0.2) is 33.9 Å². The van der Waals surface area contributed by atoms with Gasteiger partial charge in [0.2, 0.25) is 0 Å². The van der Waals surface area contributed by atoms with E-state index < -0.39 is 0 Å². The van der Waals surface area contributed by atoms with E-state index >= 15 is 0 Å². The van der Waals surface area contributed by atoms with Crippen molar-refractivity contribution in [2.75, 3.05) is 13.2 Å². The summed E-state index contributed by atoms with van der Waals surface area (Å²) in [6.07, 6.45) is 4.77. The number of benzene rings is 1. The van der Waals surface area contributed by atoms with Gasteiger partial charge in [0.15, 0.2) is 11.8 Å². The Morgan fingerprint density at radius 2 is 2.15 bits per heavy atom. The average Bonchev–Trinajstić information content (AvgIpc) is 3.26. The fraction of sp³-hybridized carbons (Fsp3) is 0.550. The molecule has 4 rings (SSSR count). The molecule has 0 amide bonds. The summed E-state index contributed by atoms with van der Waals surface area (Å²) in [4.78, 5) is 4.74. The van der Waals surface area contributed by atoms with Crippen LogP contribution in [0.4, 0.5) is 0 Å². The zero-order valence-electron chi connectivity index (χ0n) is 15.9. The van der Waals surface area contributed by atoms with Crippen LogP contribution in [0.3, 0.4) is 0 Å². The predicted octanol–water partition coefficient (Wildman–Crippen LogP) is 2.27. The normalized spacial score (nSPS) is 16.3. The summed E-state index contributed by atoms with van der Waals surface area (Å²) >= 11 is 0. The summed E-state index contributed by atoms with van der Waals surface area (Å²) in [5.74, 6) is 4.53. The van der Waals surface area contributed by atoms with Crippen LogP contribution in [0.25, 0.3) is 0 Å². The van der Waals surface area contributed by atoms with Crippen LogP contribution in [0.5, 0.6) is 5.75 Å². The van der Waals surface area contributed by atoms with Crippen LogP contribution < -0.4 is 15.4 Å². The summed E-state index contributed by atoms with van der Waals surface area (Å²) in [6, 6.07) is 8.17. The lowest BCUT2D eigenvalue weighted by Gasteiger charge is -2.13. The van der Waals surface area contributed by atoms with Gasteiger partial charge in [-0.15, -0.1) is 10.2 Å². The van der Waals surface area contributed by atoms with Crippen molar-refractivity contribution in [3.05, 3.63) is 41.5 Å². The second-order valence-electron chi connectivity index (χ2n) is 7.20. The fourth-order valence-corrected chi connectivity index (χ4v) is 3.28. The molecule has 1 aromatic carbocycles. The molecule has 0 bridgehead atoms. The first-order chi connectivity index (χ1) is 13.3. The molecule has 7 heteroatoms. The molecule has 2 aromatic rings. The molecule has 1 fully saturated rings. The van der Waals surface area contributed by atoms with Crippen LogP contribution in [-0.2, 0) is 26.1 Å². The van der Waals surface area contributed by atoms with Crippen LogP contribution >= 0.6 is 0 Å². The van der Waals surface area contributed by atoms with E-state index in [-0.39, 0.29) is 0 Å². The van der Waals surface area contributed by atoms with Gasteiger partial charge in [0.25, 0.3) is 0 Å². The van der Waals surface area contributed by atoms with Crippen molar-refractivity contribution in [3.8, 4) is 5.75 Å². The highest BCUT2D eigenvalue weighted by Gasteiger charge is 2.22. The van der Waals surface area contributed by atoms with Crippen LogP contribution in [0.1, 0.15) is 43.4 Å². The number of nitrogens with zero attached hydrogens (tertiary/aromatic N) is 4. The lowest BCUT2D eigenvalue weighted by Crippen LogP contribution is -2.37. The summed E-state index contributed by atoms with van der Waals surface area (Å²) in [5, 5.41) is 15.2. The van der Waals surface area contributed by atoms with Crippen molar-refractivity contribution in [1.29, 1.82) is 0 Å². The monoisotopic (exact) mass is 368 g/mol. The Labute approximate surface area is 160 Å². The Morgan fingerprint density at radius 1 is 1.26 bits per heavy atom. The van der Waals surface area contributed by atoms with Gasteiger partial charge in [0.1, 0.15) is 11.6 Å². The molecule has 1 aliphatic heterocycles. The number of guanidine groups is 1. The summed E-state index contributed by atoms with van der Waals surface area (Å²) < 4.78 is 8.20. The van der Waals surface area contributed by atoms with Crippen LogP contribution in [0.15, 0.2) is 29.3 Å². The van der Waals surface area contributed by atoms with Gasteiger partial charge < -0.3 is 19.9 Å². The van der Waals surface area contributed by atoms with E-state index in [1.165, 1.54) is 12.8 Å². The number of aromatic nitrogens is 3. The molecule has 2 aliphatic rings. The SMILES string of the molecule is CCNC(=NCc1ccccc1OCC1CC1)NCc1nnc2n1CCC2. The number of fused-ring (bicyclic) bond motifs is 1. The molecule has 0 radical (unpaired) electrons. The molecule has 1 aromatic heterocycles. The van der Waals surface area contributed by atoms with Crippen LogP contribution in [0, 0.1) is 5.92 Å². The molecular weight excluding hydrogens is 340 g/mol. The van der Waals surface area contributed by atoms with Gasteiger partial charge in [-0.05, 0) is 38.2 Å². The predicted molar refractivity (Wildman–Crippen MR) is 105 cm³/mol. The first-order valence-electron chi connectivity index (χ1n) is 9.97. The molecule has 2 heterocycles. The number of nitrogens with one attached hydrogen (secondary N) is 2. The van der Waals surface area contributed by atoms with Gasteiger partial charge in [0, 0.05) is 25.1 Å². The topological polar surface area (TPSA) is 76.4 Å². The van der Waals surface area contributed by atoms with Crippen molar-refractivity contribution in [1.82, 2.24) is 25.4 Å².